The Balaban J connectivity index is 0.00000191. The summed E-state index contributed by atoms with van der Waals surface area (Å²) in [4.78, 5) is 11.6. The van der Waals surface area contributed by atoms with Gasteiger partial charge in [-0.25, -0.2) is 0 Å². The fourth-order valence-electron chi connectivity index (χ4n) is 1.54. The SMILES string of the molecule is CC.CCOC(=O)C(C)c1cc(OC)cc(OC(F)F)c1. The summed E-state index contributed by atoms with van der Waals surface area (Å²) in [5.41, 5.74) is 0.494. The van der Waals surface area contributed by atoms with E-state index in [1.54, 1.807) is 19.9 Å². The van der Waals surface area contributed by atoms with E-state index in [2.05, 4.69) is 4.74 Å². The molecule has 120 valence electrons. The molecule has 1 unspecified atom stereocenters. The minimum atomic E-state index is -2.93. The fraction of sp³-hybridized carbons (Fsp3) is 0.533. The zero-order chi connectivity index (χ0) is 16.4. The first-order valence-corrected chi connectivity index (χ1v) is 6.78. The summed E-state index contributed by atoms with van der Waals surface area (Å²) in [5, 5.41) is 0. The highest BCUT2D eigenvalue weighted by molar-refractivity contribution is 5.78. The van der Waals surface area contributed by atoms with Crippen LogP contribution in [0.3, 0.4) is 0 Å². The molecule has 0 aliphatic carbocycles. The molecule has 0 bridgehead atoms. The molecule has 0 aliphatic rings. The van der Waals surface area contributed by atoms with Crippen molar-refractivity contribution >= 4 is 5.97 Å². The van der Waals surface area contributed by atoms with Crippen LogP contribution in [0, 0.1) is 0 Å². The Kier molecular flexibility index (Phi) is 9.08. The van der Waals surface area contributed by atoms with Crippen molar-refractivity contribution in [2.24, 2.45) is 0 Å². The van der Waals surface area contributed by atoms with Gasteiger partial charge in [0.05, 0.1) is 19.6 Å². The molecule has 4 nitrogen and oxygen atoms in total. The van der Waals surface area contributed by atoms with E-state index in [0.29, 0.717) is 11.3 Å². The number of methoxy groups -OCH3 is 1. The number of benzene rings is 1. The third-order valence-electron chi connectivity index (χ3n) is 2.50. The Bertz CT molecular complexity index is 436. The Morgan fingerprint density at radius 3 is 2.24 bits per heavy atom. The zero-order valence-corrected chi connectivity index (χ0v) is 13.0. The summed E-state index contributed by atoms with van der Waals surface area (Å²) in [7, 11) is 1.40. The molecule has 0 saturated heterocycles. The van der Waals surface area contributed by atoms with Crippen LogP contribution in [0.15, 0.2) is 18.2 Å². The predicted octanol–water partition coefficient (Wildman–Crippen LogP) is 3.99. The quantitative estimate of drug-likeness (QED) is 0.745. The number of carbonyl (C=O) groups excluding carboxylic acids is 1. The van der Waals surface area contributed by atoms with Crippen LogP contribution < -0.4 is 9.47 Å². The van der Waals surface area contributed by atoms with E-state index >= 15 is 0 Å². The number of ether oxygens (including phenoxy) is 3. The number of esters is 1. The van der Waals surface area contributed by atoms with Crippen molar-refractivity contribution in [2.45, 2.75) is 40.2 Å². The normalized spacial score (nSPS) is 11.2. The second kappa shape index (κ2) is 9.96. The van der Waals surface area contributed by atoms with Gasteiger partial charge in [-0.3, -0.25) is 4.79 Å². The average molecular weight is 304 g/mol. The molecule has 0 fully saturated rings. The molecule has 0 spiro atoms. The number of alkyl halides is 2. The standard InChI is InChI=1S/C13H16F2O4.C2H6/c1-4-18-12(16)8(2)9-5-10(17-3)7-11(6-9)19-13(14)15;1-2/h5-8,13H,4H2,1-3H3;1-2H3. The van der Waals surface area contributed by atoms with E-state index in [-0.39, 0.29) is 12.4 Å². The van der Waals surface area contributed by atoms with Crippen LogP contribution in [0.1, 0.15) is 39.2 Å². The highest BCUT2D eigenvalue weighted by atomic mass is 19.3. The highest BCUT2D eigenvalue weighted by Gasteiger charge is 2.19. The first-order valence-electron chi connectivity index (χ1n) is 6.78. The van der Waals surface area contributed by atoms with Crippen molar-refractivity contribution in [3.63, 3.8) is 0 Å². The monoisotopic (exact) mass is 304 g/mol. The first kappa shape index (κ1) is 19.1. The summed E-state index contributed by atoms with van der Waals surface area (Å²) in [6.07, 6.45) is 0. The van der Waals surface area contributed by atoms with Crippen LogP contribution in [-0.4, -0.2) is 26.3 Å². The van der Waals surface area contributed by atoms with Gasteiger partial charge < -0.3 is 14.2 Å². The molecule has 1 aromatic rings. The van der Waals surface area contributed by atoms with Gasteiger partial charge in [0, 0.05) is 6.07 Å². The summed E-state index contributed by atoms with van der Waals surface area (Å²) in [6, 6.07) is 4.28. The molecule has 1 atom stereocenters. The molecular formula is C15H22F2O4. The molecule has 0 radical (unpaired) electrons. The van der Waals surface area contributed by atoms with Gasteiger partial charge in [-0.05, 0) is 31.5 Å². The van der Waals surface area contributed by atoms with Gasteiger partial charge in [0.1, 0.15) is 11.5 Å². The molecule has 0 heterocycles. The molecule has 0 saturated carbocycles. The van der Waals surface area contributed by atoms with Gasteiger partial charge in [-0.2, -0.15) is 8.78 Å². The zero-order valence-electron chi connectivity index (χ0n) is 13.0. The molecule has 21 heavy (non-hydrogen) atoms. The minimum absolute atomic E-state index is 0.0551. The third-order valence-corrected chi connectivity index (χ3v) is 2.50. The van der Waals surface area contributed by atoms with Crippen LogP contribution in [0.25, 0.3) is 0 Å². The van der Waals surface area contributed by atoms with E-state index < -0.39 is 18.5 Å². The molecule has 0 N–H and O–H groups in total. The second-order valence-electron chi connectivity index (χ2n) is 3.79. The molecule has 1 rings (SSSR count). The second-order valence-corrected chi connectivity index (χ2v) is 3.79. The predicted molar refractivity (Wildman–Crippen MR) is 76.0 cm³/mol. The minimum Gasteiger partial charge on any atom is -0.497 e. The molecule has 6 heteroatoms. The number of halogens is 2. The number of carbonyl (C=O) groups is 1. The molecule has 0 aromatic heterocycles. The third kappa shape index (κ3) is 6.42. The van der Waals surface area contributed by atoms with Crippen LogP contribution >= 0.6 is 0 Å². The topological polar surface area (TPSA) is 44.8 Å². The number of hydrogen-bond donors (Lipinski definition) is 0. The van der Waals surface area contributed by atoms with E-state index in [4.69, 9.17) is 9.47 Å². The maximum Gasteiger partial charge on any atom is 0.387 e. The molecule has 0 amide bonds. The lowest BCUT2D eigenvalue weighted by molar-refractivity contribution is -0.144. The molecule has 0 aliphatic heterocycles. The number of rotatable bonds is 6. The van der Waals surface area contributed by atoms with Crippen molar-refractivity contribution < 1.29 is 27.8 Å². The van der Waals surface area contributed by atoms with E-state index in [9.17, 15) is 13.6 Å². The van der Waals surface area contributed by atoms with Gasteiger partial charge >= 0.3 is 12.6 Å². The fourth-order valence-corrected chi connectivity index (χ4v) is 1.54. The van der Waals surface area contributed by atoms with Gasteiger partial charge in [0.15, 0.2) is 0 Å². The maximum absolute atomic E-state index is 12.2. The lowest BCUT2D eigenvalue weighted by Gasteiger charge is -2.14. The summed E-state index contributed by atoms with van der Waals surface area (Å²) in [6.45, 7) is 4.64. The van der Waals surface area contributed by atoms with Crippen molar-refractivity contribution in [2.75, 3.05) is 13.7 Å². The van der Waals surface area contributed by atoms with Crippen molar-refractivity contribution in [3.8, 4) is 11.5 Å². The molecular weight excluding hydrogens is 282 g/mol. The van der Waals surface area contributed by atoms with Crippen LogP contribution in [-0.2, 0) is 9.53 Å². The Labute approximate surface area is 124 Å². The Hall–Kier alpha value is -1.85. The lowest BCUT2D eigenvalue weighted by Crippen LogP contribution is -2.13. The van der Waals surface area contributed by atoms with Crippen molar-refractivity contribution in [1.82, 2.24) is 0 Å². The van der Waals surface area contributed by atoms with Crippen LogP contribution in [0.2, 0.25) is 0 Å². The van der Waals surface area contributed by atoms with Gasteiger partial charge in [0.2, 0.25) is 0 Å². The molecule has 1 aromatic carbocycles. The lowest BCUT2D eigenvalue weighted by atomic mass is 10.0. The van der Waals surface area contributed by atoms with Gasteiger partial charge in [0.25, 0.3) is 0 Å². The largest absolute Gasteiger partial charge is 0.497 e. The van der Waals surface area contributed by atoms with Crippen LogP contribution in [0.5, 0.6) is 11.5 Å². The average Bonchev–Trinajstić information content (AvgIpc) is 2.47. The van der Waals surface area contributed by atoms with E-state index in [1.165, 1.54) is 19.2 Å². The number of hydrogen-bond acceptors (Lipinski definition) is 4. The van der Waals surface area contributed by atoms with Gasteiger partial charge in [-0.15, -0.1) is 0 Å². The maximum atomic E-state index is 12.2. The summed E-state index contributed by atoms with van der Waals surface area (Å²) in [5.74, 6) is -0.737. The van der Waals surface area contributed by atoms with Crippen molar-refractivity contribution in [1.29, 1.82) is 0 Å². The Morgan fingerprint density at radius 1 is 1.19 bits per heavy atom. The summed E-state index contributed by atoms with van der Waals surface area (Å²) < 4.78 is 38.6. The summed E-state index contributed by atoms with van der Waals surface area (Å²) >= 11 is 0. The van der Waals surface area contributed by atoms with Gasteiger partial charge in [-0.1, -0.05) is 13.8 Å². The Morgan fingerprint density at radius 2 is 1.76 bits per heavy atom. The smallest absolute Gasteiger partial charge is 0.387 e. The first-order chi connectivity index (χ1) is 9.97. The van der Waals surface area contributed by atoms with E-state index in [1.807, 2.05) is 13.8 Å². The highest BCUT2D eigenvalue weighted by Crippen LogP contribution is 2.29. The van der Waals surface area contributed by atoms with E-state index in [0.717, 1.165) is 0 Å². The van der Waals surface area contributed by atoms with Crippen LogP contribution in [0.4, 0.5) is 8.78 Å². The van der Waals surface area contributed by atoms with Crippen molar-refractivity contribution in [3.05, 3.63) is 23.8 Å².